The molecule has 0 atom stereocenters. The maximum atomic E-state index is 9.11. The first kappa shape index (κ1) is 14.5. The number of hydrogen-bond donors (Lipinski definition) is 0. The van der Waals surface area contributed by atoms with Gasteiger partial charge in [-0.05, 0) is 36.6 Å². The van der Waals surface area contributed by atoms with Crippen molar-refractivity contribution in [2.24, 2.45) is 0 Å². The number of hydrogen-bond acceptors (Lipinski definition) is 3. The van der Waals surface area contributed by atoms with E-state index in [1.54, 1.807) is 12.4 Å². The molecule has 0 aliphatic rings. The average Bonchev–Trinajstić information content (AvgIpc) is 2.48. The lowest BCUT2D eigenvalue weighted by molar-refractivity contribution is 0.708. The molecule has 2 rings (SSSR count). The van der Waals surface area contributed by atoms with Crippen LogP contribution in [0.4, 0.5) is 0 Å². The third-order valence-corrected chi connectivity index (χ3v) is 3.47. The Morgan fingerprint density at radius 2 is 2.00 bits per heavy atom. The van der Waals surface area contributed by atoms with E-state index in [0.717, 1.165) is 42.5 Å². The minimum absolute atomic E-state index is 0.289. The molecular weight excluding hydrogens is 270 g/mol. The maximum Gasteiger partial charge on any atom is 0.147 e. The fourth-order valence-electron chi connectivity index (χ4n) is 2.12. The van der Waals surface area contributed by atoms with Gasteiger partial charge in [0.25, 0.3) is 0 Å². The topological polar surface area (TPSA) is 49.6 Å². The molecule has 20 heavy (non-hydrogen) atoms. The number of aryl methyl sites for hydroxylation is 1. The monoisotopic (exact) mass is 285 g/mol. The molecule has 102 valence electrons. The number of aromatic nitrogens is 2. The first-order valence-corrected chi connectivity index (χ1v) is 7.14. The number of nitriles is 1. The fourth-order valence-corrected chi connectivity index (χ4v) is 2.32. The molecule has 0 aliphatic carbocycles. The lowest BCUT2D eigenvalue weighted by Gasteiger charge is -2.10. The van der Waals surface area contributed by atoms with Crippen LogP contribution in [0.1, 0.15) is 37.4 Å². The summed E-state index contributed by atoms with van der Waals surface area (Å²) in [6.45, 7) is 2.17. The average molecular weight is 286 g/mol. The highest BCUT2D eigenvalue weighted by Gasteiger charge is 2.11. The van der Waals surface area contributed by atoms with Crippen LogP contribution in [-0.2, 0) is 6.42 Å². The Morgan fingerprint density at radius 1 is 1.25 bits per heavy atom. The summed E-state index contributed by atoms with van der Waals surface area (Å²) in [5, 5.41) is 9.40. The van der Waals surface area contributed by atoms with E-state index in [1.807, 2.05) is 18.2 Å². The summed E-state index contributed by atoms with van der Waals surface area (Å²) in [6, 6.07) is 7.77. The molecule has 2 aromatic heterocycles. The van der Waals surface area contributed by atoms with Gasteiger partial charge in [0.1, 0.15) is 11.2 Å². The third-order valence-electron chi connectivity index (χ3n) is 3.18. The van der Waals surface area contributed by atoms with Crippen LogP contribution < -0.4 is 0 Å². The van der Waals surface area contributed by atoms with Gasteiger partial charge in [0.2, 0.25) is 0 Å². The van der Waals surface area contributed by atoms with E-state index in [4.69, 9.17) is 16.9 Å². The van der Waals surface area contributed by atoms with Gasteiger partial charge in [-0.1, -0.05) is 31.4 Å². The molecule has 2 aromatic rings. The summed E-state index contributed by atoms with van der Waals surface area (Å²) in [5.41, 5.74) is 3.36. The van der Waals surface area contributed by atoms with Gasteiger partial charge in [0, 0.05) is 18.0 Å². The minimum Gasteiger partial charge on any atom is -0.265 e. The van der Waals surface area contributed by atoms with Crippen LogP contribution in [0.5, 0.6) is 0 Å². The predicted molar refractivity (Wildman–Crippen MR) is 80.4 cm³/mol. The molecular formula is C16H16ClN3. The van der Waals surface area contributed by atoms with Gasteiger partial charge in [0.15, 0.2) is 0 Å². The van der Waals surface area contributed by atoms with Crippen LogP contribution in [0, 0.1) is 11.3 Å². The second-order valence-corrected chi connectivity index (χ2v) is 4.98. The van der Waals surface area contributed by atoms with Crippen LogP contribution in [0.15, 0.2) is 30.6 Å². The second-order valence-electron chi connectivity index (χ2n) is 4.63. The van der Waals surface area contributed by atoms with Crippen LogP contribution in [0.2, 0.25) is 5.15 Å². The van der Waals surface area contributed by atoms with Crippen molar-refractivity contribution in [1.29, 1.82) is 5.26 Å². The van der Waals surface area contributed by atoms with E-state index in [-0.39, 0.29) is 5.15 Å². The van der Waals surface area contributed by atoms with Gasteiger partial charge < -0.3 is 0 Å². The summed E-state index contributed by atoms with van der Waals surface area (Å²) >= 11 is 6.06. The highest BCUT2D eigenvalue weighted by Crippen LogP contribution is 2.27. The lowest BCUT2D eigenvalue weighted by atomic mass is 10.00. The predicted octanol–water partition coefficient (Wildman–Crippen LogP) is 4.40. The van der Waals surface area contributed by atoms with E-state index in [1.165, 1.54) is 0 Å². The molecule has 0 radical (unpaired) electrons. The molecule has 0 bridgehead atoms. The number of pyridine rings is 2. The standard InChI is InChI=1S/C16H16ClN3/c1-2-3-4-5-15-14(12-6-8-19-9-7-12)10-13(11-18)16(17)20-15/h6-10H,2-5H2,1H3. The Labute approximate surface area is 124 Å². The van der Waals surface area contributed by atoms with Gasteiger partial charge in [-0.3, -0.25) is 4.98 Å². The number of nitrogens with zero attached hydrogens (tertiary/aromatic N) is 3. The van der Waals surface area contributed by atoms with Crippen molar-refractivity contribution in [1.82, 2.24) is 9.97 Å². The summed E-state index contributed by atoms with van der Waals surface area (Å²) in [6.07, 6.45) is 7.75. The summed E-state index contributed by atoms with van der Waals surface area (Å²) in [4.78, 5) is 8.44. The Kier molecular flexibility index (Phi) is 5.09. The largest absolute Gasteiger partial charge is 0.265 e. The third kappa shape index (κ3) is 3.34. The molecule has 0 amide bonds. The Morgan fingerprint density at radius 3 is 2.65 bits per heavy atom. The molecule has 0 N–H and O–H groups in total. The van der Waals surface area contributed by atoms with Crippen molar-refractivity contribution in [2.45, 2.75) is 32.6 Å². The molecule has 0 aliphatic heterocycles. The van der Waals surface area contributed by atoms with Crippen molar-refractivity contribution < 1.29 is 0 Å². The first-order valence-electron chi connectivity index (χ1n) is 6.76. The smallest absolute Gasteiger partial charge is 0.147 e. The highest BCUT2D eigenvalue weighted by atomic mass is 35.5. The van der Waals surface area contributed by atoms with E-state index >= 15 is 0 Å². The fraction of sp³-hybridized carbons (Fsp3) is 0.312. The van der Waals surface area contributed by atoms with Gasteiger partial charge >= 0.3 is 0 Å². The molecule has 4 heteroatoms. The van der Waals surface area contributed by atoms with Crippen LogP contribution >= 0.6 is 11.6 Å². The van der Waals surface area contributed by atoms with Crippen LogP contribution in [-0.4, -0.2) is 9.97 Å². The van der Waals surface area contributed by atoms with Crippen molar-refractivity contribution >= 4 is 11.6 Å². The first-order chi connectivity index (χ1) is 9.76. The van der Waals surface area contributed by atoms with E-state index < -0.39 is 0 Å². The van der Waals surface area contributed by atoms with Gasteiger partial charge in [-0.2, -0.15) is 5.26 Å². The summed E-state index contributed by atoms with van der Waals surface area (Å²) < 4.78 is 0. The second kappa shape index (κ2) is 7.02. The highest BCUT2D eigenvalue weighted by molar-refractivity contribution is 6.30. The minimum atomic E-state index is 0.289. The number of halogens is 1. The molecule has 0 saturated carbocycles. The Balaban J connectivity index is 2.43. The molecule has 2 heterocycles. The Bertz CT molecular complexity index is 618. The van der Waals surface area contributed by atoms with Crippen LogP contribution in [0.25, 0.3) is 11.1 Å². The van der Waals surface area contributed by atoms with Crippen molar-refractivity contribution in [3.63, 3.8) is 0 Å². The molecule has 3 nitrogen and oxygen atoms in total. The van der Waals surface area contributed by atoms with Crippen LogP contribution in [0.3, 0.4) is 0 Å². The molecule has 0 fully saturated rings. The molecule has 0 saturated heterocycles. The molecule has 0 spiro atoms. The zero-order valence-corrected chi connectivity index (χ0v) is 12.2. The van der Waals surface area contributed by atoms with Gasteiger partial charge in [-0.15, -0.1) is 0 Å². The maximum absolute atomic E-state index is 9.11. The lowest BCUT2D eigenvalue weighted by Crippen LogP contribution is -1.98. The van der Waals surface area contributed by atoms with Crippen molar-refractivity contribution in [2.75, 3.05) is 0 Å². The van der Waals surface area contributed by atoms with Crippen molar-refractivity contribution in [3.8, 4) is 17.2 Å². The number of unbranched alkanes of at least 4 members (excludes halogenated alkanes) is 2. The SMILES string of the molecule is CCCCCc1nc(Cl)c(C#N)cc1-c1ccncc1. The van der Waals surface area contributed by atoms with Gasteiger partial charge in [0.05, 0.1) is 11.3 Å². The van der Waals surface area contributed by atoms with E-state index in [0.29, 0.717) is 5.56 Å². The summed E-state index contributed by atoms with van der Waals surface area (Å²) in [7, 11) is 0. The number of rotatable bonds is 5. The quantitative estimate of drug-likeness (QED) is 0.604. The molecule has 0 unspecified atom stereocenters. The zero-order valence-electron chi connectivity index (χ0n) is 11.4. The molecule has 0 aromatic carbocycles. The summed E-state index contributed by atoms with van der Waals surface area (Å²) in [5.74, 6) is 0. The van der Waals surface area contributed by atoms with E-state index in [2.05, 4.69) is 23.0 Å². The zero-order chi connectivity index (χ0) is 14.4. The van der Waals surface area contributed by atoms with Crippen molar-refractivity contribution in [3.05, 3.63) is 47.0 Å². The van der Waals surface area contributed by atoms with E-state index in [9.17, 15) is 0 Å². The van der Waals surface area contributed by atoms with Gasteiger partial charge in [-0.25, -0.2) is 4.98 Å². The Hall–Kier alpha value is -1.92. The normalized spacial score (nSPS) is 10.2.